The van der Waals surface area contributed by atoms with E-state index in [2.05, 4.69) is 24.5 Å². The molecule has 0 heterocycles. The summed E-state index contributed by atoms with van der Waals surface area (Å²) in [6.45, 7) is 9.01. The minimum absolute atomic E-state index is 0.0255. The number of rotatable bonds is 22. The summed E-state index contributed by atoms with van der Waals surface area (Å²) in [5.41, 5.74) is 0. The average Bonchev–Trinajstić information content (AvgIpc) is 2.73. The Morgan fingerprint density at radius 3 is 1.33 bits per heavy atom. The Kier molecular flexibility index (Phi) is 18.4. The van der Waals surface area contributed by atoms with Gasteiger partial charge in [-0.05, 0) is 12.8 Å². The number of unbranched alkanes of at least 4 members (excludes halogenated alkanes) is 6. The number of quaternary nitrogens is 2. The van der Waals surface area contributed by atoms with Crippen LogP contribution >= 0.6 is 0 Å². The fraction of sp³-hybridized carbons (Fsp3) is 0.920. The van der Waals surface area contributed by atoms with Crippen LogP contribution in [-0.2, 0) is 9.59 Å². The molecule has 2 unspecified atom stereocenters. The molecule has 0 rings (SSSR count). The molecule has 33 heavy (non-hydrogen) atoms. The first-order valence-corrected chi connectivity index (χ1v) is 13.2. The van der Waals surface area contributed by atoms with Crippen LogP contribution in [0.2, 0.25) is 0 Å². The highest BCUT2D eigenvalue weighted by molar-refractivity contribution is 5.77. The quantitative estimate of drug-likeness (QED) is 0.142. The minimum Gasteiger partial charge on any atom is -0.391 e. The normalized spacial score (nSPS) is 15.0. The van der Waals surface area contributed by atoms with Gasteiger partial charge in [-0.25, -0.2) is 0 Å². The molecular formula is C25H54N4O4+2. The van der Waals surface area contributed by atoms with Gasteiger partial charge in [0.1, 0.15) is 13.1 Å². The van der Waals surface area contributed by atoms with Crippen LogP contribution in [0.4, 0.5) is 0 Å². The van der Waals surface area contributed by atoms with Gasteiger partial charge in [0.2, 0.25) is 0 Å². The summed E-state index contributed by atoms with van der Waals surface area (Å²) in [5, 5.41) is 25.1. The molecule has 0 aliphatic rings. The summed E-state index contributed by atoms with van der Waals surface area (Å²) >= 11 is 0. The standard InChI is InChI=1S/C25H52N4O4/c1-5-7-9-11-14-26-24(32)22-28(3,18-20-30)16-13-17-29(4,19-21-31)23-25(33)27-15-12-10-8-6-2/h30-31H,5-23H2,1-4H3/p+2. The molecular weight excluding hydrogens is 420 g/mol. The van der Waals surface area contributed by atoms with Gasteiger partial charge in [0, 0.05) is 19.5 Å². The zero-order valence-corrected chi connectivity index (χ0v) is 22.0. The Balaban J connectivity index is 4.60. The molecule has 0 radical (unpaired) electrons. The number of hydrogen-bond acceptors (Lipinski definition) is 4. The molecule has 0 saturated carbocycles. The Bertz CT molecular complexity index is 477. The maximum absolute atomic E-state index is 12.4. The highest BCUT2D eigenvalue weighted by atomic mass is 16.3. The first kappa shape index (κ1) is 31.8. The van der Waals surface area contributed by atoms with Crippen molar-refractivity contribution in [3.05, 3.63) is 0 Å². The van der Waals surface area contributed by atoms with Crippen LogP contribution in [0.25, 0.3) is 0 Å². The van der Waals surface area contributed by atoms with Crippen molar-refractivity contribution < 1.29 is 28.8 Å². The van der Waals surface area contributed by atoms with Crippen molar-refractivity contribution in [1.29, 1.82) is 0 Å². The van der Waals surface area contributed by atoms with Gasteiger partial charge in [0.05, 0.1) is 40.4 Å². The predicted octanol–water partition coefficient (Wildman–Crippen LogP) is 1.65. The van der Waals surface area contributed by atoms with E-state index < -0.39 is 0 Å². The molecule has 0 aliphatic heterocycles. The van der Waals surface area contributed by atoms with E-state index in [9.17, 15) is 19.8 Å². The molecule has 0 aromatic rings. The lowest BCUT2D eigenvalue weighted by Gasteiger charge is -2.37. The smallest absolute Gasteiger partial charge is 0.275 e. The van der Waals surface area contributed by atoms with E-state index in [4.69, 9.17) is 0 Å². The van der Waals surface area contributed by atoms with Gasteiger partial charge >= 0.3 is 0 Å². The molecule has 8 heteroatoms. The van der Waals surface area contributed by atoms with Crippen molar-refractivity contribution in [3.63, 3.8) is 0 Å². The SMILES string of the molecule is CCCCCCNC(=O)C[N+](C)(CCO)CCC[N+](C)(CCO)CC(=O)NCCCCCC. The summed E-state index contributed by atoms with van der Waals surface area (Å²) in [6, 6.07) is 0. The number of nitrogens with zero attached hydrogens (tertiary/aromatic N) is 2. The van der Waals surface area contributed by atoms with E-state index in [1.165, 1.54) is 25.7 Å². The zero-order chi connectivity index (χ0) is 25.0. The van der Waals surface area contributed by atoms with Gasteiger partial charge in [-0.1, -0.05) is 52.4 Å². The molecule has 0 saturated heterocycles. The van der Waals surface area contributed by atoms with E-state index in [0.717, 1.165) is 45.2 Å². The van der Waals surface area contributed by atoms with Crippen molar-refractivity contribution in [2.24, 2.45) is 0 Å². The molecule has 4 N–H and O–H groups in total. The van der Waals surface area contributed by atoms with E-state index in [1.54, 1.807) is 0 Å². The number of amides is 2. The predicted molar refractivity (Wildman–Crippen MR) is 135 cm³/mol. The van der Waals surface area contributed by atoms with E-state index in [0.29, 0.717) is 48.2 Å². The molecule has 0 aromatic heterocycles. The highest BCUT2D eigenvalue weighted by Crippen LogP contribution is 2.09. The van der Waals surface area contributed by atoms with Crippen molar-refractivity contribution in [3.8, 4) is 0 Å². The fourth-order valence-electron chi connectivity index (χ4n) is 4.22. The Hall–Kier alpha value is -1.22. The van der Waals surface area contributed by atoms with Crippen molar-refractivity contribution >= 4 is 11.8 Å². The lowest BCUT2D eigenvalue weighted by Crippen LogP contribution is -2.56. The molecule has 2 atom stereocenters. The highest BCUT2D eigenvalue weighted by Gasteiger charge is 2.29. The fourth-order valence-corrected chi connectivity index (χ4v) is 4.22. The van der Waals surface area contributed by atoms with E-state index in [1.807, 2.05) is 14.1 Å². The third kappa shape index (κ3) is 17.0. The van der Waals surface area contributed by atoms with Gasteiger partial charge in [-0.15, -0.1) is 0 Å². The first-order chi connectivity index (χ1) is 15.7. The molecule has 196 valence electrons. The van der Waals surface area contributed by atoms with Crippen LogP contribution in [0.5, 0.6) is 0 Å². The molecule has 0 aliphatic carbocycles. The first-order valence-electron chi connectivity index (χ1n) is 13.2. The van der Waals surface area contributed by atoms with Crippen LogP contribution in [-0.4, -0.2) is 111 Å². The number of carbonyl (C=O) groups is 2. The summed E-state index contributed by atoms with van der Waals surface area (Å²) in [5.74, 6) is 0.0509. The summed E-state index contributed by atoms with van der Waals surface area (Å²) in [4.78, 5) is 24.9. The van der Waals surface area contributed by atoms with Gasteiger partial charge in [-0.2, -0.15) is 0 Å². The van der Waals surface area contributed by atoms with Crippen LogP contribution in [0.1, 0.15) is 71.6 Å². The second-order valence-corrected chi connectivity index (χ2v) is 10.1. The monoisotopic (exact) mass is 474 g/mol. The Labute approximate surface area is 202 Å². The number of likely N-dealkylation sites (N-methyl/N-ethyl adjacent to an activating group) is 2. The largest absolute Gasteiger partial charge is 0.391 e. The number of aliphatic hydroxyl groups excluding tert-OH is 2. The zero-order valence-electron chi connectivity index (χ0n) is 22.0. The molecule has 8 nitrogen and oxygen atoms in total. The third-order valence-corrected chi connectivity index (χ3v) is 6.43. The molecule has 0 spiro atoms. The molecule has 0 fully saturated rings. The van der Waals surface area contributed by atoms with Gasteiger partial charge in [-0.3, -0.25) is 9.59 Å². The van der Waals surface area contributed by atoms with Crippen LogP contribution in [0, 0.1) is 0 Å². The minimum atomic E-state index is 0.0255. The number of carbonyl (C=O) groups excluding carboxylic acids is 2. The topological polar surface area (TPSA) is 98.7 Å². The maximum atomic E-state index is 12.4. The van der Waals surface area contributed by atoms with Crippen LogP contribution in [0.15, 0.2) is 0 Å². The second kappa shape index (κ2) is 19.1. The Morgan fingerprint density at radius 2 is 1.00 bits per heavy atom. The van der Waals surface area contributed by atoms with Gasteiger partial charge in [0.15, 0.2) is 13.1 Å². The van der Waals surface area contributed by atoms with Crippen LogP contribution < -0.4 is 10.6 Å². The van der Waals surface area contributed by atoms with Crippen molar-refractivity contribution in [2.45, 2.75) is 71.6 Å². The lowest BCUT2D eigenvalue weighted by atomic mass is 10.2. The van der Waals surface area contributed by atoms with E-state index >= 15 is 0 Å². The average molecular weight is 475 g/mol. The number of nitrogens with one attached hydrogen (secondary N) is 2. The summed E-state index contributed by atoms with van der Waals surface area (Å²) < 4.78 is 0.945. The van der Waals surface area contributed by atoms with E-state index in [-0.39, 0.29) is 25.0 Å². The van der Waals surface area contributed by atoms with Gasteiger partial charge < -0.3 is 29.8 Å². The van der Waals surface area contributed by atoms with Crippen LogP contribution in [0.3, 0.4) is 0 Å². The summed E-state index contributed by atoms with van der Waals surface area (Å²) in [7, 11) is 4.01. The third-order valence-electron chi connectivity index (χ3n) is 6.43. The lowest BCUT2D eigenvalue weighted by molar-refractivity contribution is -0.921. The summed E-state index contributed by atoms with van der Waals surface area (Å²) in [6.07, 6.45) is 9.80. The molecule has 0 aromatic carbocycles. The number of aliphatic hydroxyl groups is 2. The maximum Gasteiger partial charge on any atom is 0.275 e. The van der Waals surface area contributed by atoms with Crippen molar-refractivity contribution in [1.82, 2.24) is 10.6 Å². The van der Waals surface area contributed by atoms with Gasteiger partial charge in [0.25, 0.3) is 11.8 Å². The number of hydrogen-bond donors (Lipinski definition) is 4. The molecule has 2 amide bonds. The van der Waals surface area contributed by atoms with Crippen molar-refractivity contribution in [2.75, 3.05) is 79.7 Å². The Morgan fingerprint density at radius 1 is 0.606 bits per heavy atom. The second-order valence-electron chi connectivity index (χ2n) is 10.1. The molecule has 0 bridgehead atoms.